The van der Waals surface area contributed by atoms with Crippen LogP contribution in [0.15, 0.2) is 72.8 Å². The summed E-state index contributed by atoms with van der Waals surface area (Å²) in [5.41, 5.74) is 6.10. The third-order valence-corrected chi connectivity index (χ3v) is 6.52. The van der Waals surface area contributed by atoms with Gasteiger partial charge in [-0.25, -0.2) is 4.79 Å². The number of urea groups is 1. The molecule has 4 rings (SSSR count). The minimum absolute atomic E-state index is 0.0686. The Balaban J connectivity index is 1.36. The van der Waals surface area contributed by atoms with Crippen molar-refractivity contribution >= 4 is 17.6 Å². The van der Waals surface area contributed by atoms with Crippen molar-refractivity contribution in [2.24, 2.45) is 0 Å². The summed E-state index contributed by atoms with van der Waals surface area (Å²) < 4.78 is 0. The molecule has 1 aliphatic rings. The number of nitrogens with zero attached hydrogens (tertiary/aromatic N) is 1. The first-order chi connectivity index (χ1) is 16.5. The minimum atomic E-state index is -0.0802. The van der Waals surface area contributed by atoms with Gasteiger partial charge in [-0.15, -0.1) is 0 Å². The Labute approximate surface area is 202 Å². The molecule has 0 bridgehead atoms. The molecule has 1 aliphatic heterocycles. The van der Waals surface area contributed by atoms with Crippen LogP contribution in [-0.4, -0.2) is 29.9 Å². The summed E-state index contributed by atoms with van der Waals surface area (Å²) in [7, 11) is 0. The molecule has 3 aromatic rings. The van der Waals surface area contributed by atoms with Crippen LogP contribution in [0.25, 0.3) is 0 Å². The molecule has 1 fully saturated rings. The molecule has 0 unspecified atom stereocenters. The van der Waals surface area contributed by atoms with Crippen molar-refractivity contribution in [1.29, 1.82) is 0 Å². The lowest BCUT2D eigenvalue weighted by Crippen LogP contribution is -2.41. The number of carbonyl (C=O) groups is 2. The number of nitrogens with one attached hydrogen (secondary N) is 2. The normalized spacial score (nSPS) is 15.6. The molecule has 34 heavy (non-hydrogen) atoms. The fourth-order valence-electron chi connectivity index (χ4n) is 4.38. The molecule has 0 spiro atoms. The van der Waals surface area contributed by atoms with E-state index >= 15 is 0 Å². The van der Waals surface area contributed by atoms with Crippen LogP contribution >= 0.6 is 0 Å². The monoisotopic (exact) mass is 455 g/mol. The zero-order valence-electron chi connectivity index (χ0n) is 20.0. The van der Waals surface area contributed by atoms with Crippen molar-refractivity contribution in [2.75, 3.05) is 18.4 Å². The second-order valence-electron chi connectivity index (χ2n) is 9.06. The van der Waals surface area contributed by atoms with Gasteiger partial charge in [0.25, 0.3) is 5.91 Å². The average molecular weight is 456 g/mol. The van der Waals surface area contributed by atoms with E-state index in [1.54, 1.807) is 0 Å². The first-order valence-electron chi connectivity index (χ1n) is 12.1. The maximum Gasteiger partial charge on any atom is 0.321 e. The Morgan fingerprint density at radius 1 is 0.971 bits per heavy atom. The Kier molecular flexibility index (Phi) is 7.63. The van der Waals surface area contributed by atoms with Gasteiger partial charge < -0.3 is 15.5 Å². The lowest BCUT2D eigenvalue weighted by molar-refractivity contribution is 0.0950. The van der Waals surface area contributed by atoms with Crippen LogP contribution in [0, 0.1) is 6.92 Å². The van der Waals surface area contributed by atoms with Gasteiger partial charge in [0.05, 0.1) is 0 Å². The van der Waals surface area contributed by atoms with Crippen molar-refractivity contribution in [3.8, 4) is 0 Å². The highest BCUT2D eigenvalue weighted by molar-refractivity contribution is 5.94. The topological polar surface area (TPSA) is 61.4 Å². The minimum Gasteiger partial charge on any atom is -0.348 e. The predicted molar refractivity (Wildman–Crippen MR) is 137 cm³/mol. The van der Waals surface area contributed by atoms with Crippen molar-refractivity contribution in [3.05, 3.63) is 101 Å². The van der Waals surface area contributed by atoms with Gasteiger partial charge in [-0.1, -0.05) is 61.0 Å². The quantitative estimate of drug-likeness (QED) is 0.486. The number of anilines is 1. The van der Waals surface area contributed by atoms with Gasteiger partial charge >= 0.3 is 6.03 Å². The zero-order valence-corrected chi connectivity index (χ0v) is 20.0. The largest absolute Gasteiger partial charge is 0.348 e. The fraction of sp³-hybridized carbons (Fsp3) is 0.310. The molecule has 1 heterocycles. The summed E-state index contributed by atoms with van der Waals surface area (Å²) in [5, 5.41) is 6.04. The number of rotatable bonds is 6. The third kappa shape index (κ3) is 6.04. The Hall–Kier alpha value is -3.60. The van der Waals surface area contributed by atoms with Crippen molar-refractivity contribution in [1.82, 2.24) is 10.2 Å². The molecule has 5 nitrogen and oxygen atoms in total. The molecule has 0 saturated carbocycles. The number of carbonyl (C=O) groups excluding carboxylic acids is 2. The predicted octanol–water partition coefficient (Wildman–Crippen LogP) is 5.90. The van der Waals surface area contributed by atoms with E-state index in [1.165, 1.54) is 11.1 Å². The number of hydrogen-bond acceptors (Lipinski definition) is 2. The van der Waals surface area contributed by atoms with Crippen LogP contribution in [0.1, 0.15) is 58.3 Å². The number of hydrogen-bond donors (Lipinski definition) is 2. The van der Waals surface area contributed by atoms with E-state index in [0.717, 1.165) is 42.6 Å². The van der Waals surface area contributed by atoms with E-state index in [4.69, 9.17) is 0 Å². The van der Waals surface area contributed by atoms with Gasteiger partial charge in [0.1, 0.15) is 0 Å². The van der Waals surface area contributed by atoms with E-state index in [1.807, 2.05) is 78.6 Å². The molecule has 5 heteroatoms. The highest BCUT2D eigenvalue weighted by Crippen LogP contribution is 2.28. The molecule has 176 valence electrons. The number of piperidine rings is 1. The average Bonchev–Trinajstić information content (AvgIpc) is 2.88. The number of aryl methyl sites for hydroxylation is 2. The van der Waals surface area contributed by atoms with Gasteiger partial charge in [0.2, 0.25) is 0 Å². The summed E-state index contributed by atoms with van der Waals surface area (Å²) in [6, 6.07) is 23.9. The Bertz CT molecular complexity index is 1120. The summed E-state index contributed by atoms with van der Waals surface area (Å²) in [4.78, 5) is 27.5. The molecule has 0 aromatic heterocycles. The number of benzene rings is 3. The van der Waals surface area contributed by atoms with E-state index in [2.05, 4.69) is 23.6 Å². The van der Waals surface area contributed by atoms with Gasteiger partial charge in [-0.3, -0.25) is 4.79 Å². The summed E-state index contributed by atoms with van der Waals surface area (Å²) in [5.74, 6) is 0.134. The highest BCUT2D eigenvalue weighted by atomic mass is 16.2. The Morgan fingerprint density at radius 2 is 1.71 bits per heavy atom. The molecule has 1 atom stereocenters. The van der Waals surface area contributed by atoms with Crippen LogP contribution in [0.5, 0.6) is 0 Å². The van der Waals surface area contributed by atoms with Crippen molar-refractivity contribution in [3.63, 3.8) is 0 Å². The molecule has 3 aromatic carbocycles. The maximum atomic E-state index is 12.9. The molecule has 0 aliphatic carbocycles. The van der Waals surface area contributed by atoms with Crippen LogP contribution in [0.3, 0.4) is 0 Å². The number of likely N-dealkylation sites (tertiary alicyclic amines) is 1. The maximum absolute atomic E-state index is 12.9. The standard InChI is InChI=1S/C29H33N3O2/c1-3-22-13-15-27(16-14-22)31-29(34)32-17-5-8-26(20-32)24-6-4-7-25(18-24)28(33)30-19-23-11-9-21(2)10-12-23/h4,6-7,9-16,18,26H,3,5,8,17,19-20H2,1-2H3,(H,30,33)(H,31,34)/t26-/m1/s1. The molecule has 3 amide bonds. The molecular weight excluding hydrogens is 422 g/mol. The van der Waals surface area contributed by atoms with Crippen LogP contribution in [0.4, 0.5) is 10.5 Å². The number of amides is 3. The van der Waals surface area contributed by atoms with Crippen LogP contribution in [0.2, 0.25) is 0 Å². The molecule has 0 radical (unpaired) electrons. The lowest BCUT2D eigenvalue weighted by Gasteiger charge is -2.33. The highest BCUT2D eigenvalue weighted by Gasteiger charge is 2.25. The van der Waals surface area contributed by atoms with E-state index < -0.39 is 0 Å². The molecule has 2 N–H and O–H groups in total. The summed E-state index contributed by atoms with van der Waals surface area (Å²) in [6.45, 7) is 6.05. The third-order valence-electron chi connectivity index (χ3n) is 6.52. The van der Waals surface area contributed by atoms with Crippen LogP contribution in [-0.2, 0) is 13.0 Å². The van der Waals surface area contributed by atoms with Crippen molar-refractivity contribution < 1.29 is 9.59 Å². The fourth-order valence-corrected chi connectivity index (χ4v) is 4.38. The van der Waals surface area contributed by atoms with Gasteiger partial charge in [0, 0.05) is 36.8 Å². The van der Waals surface area contributed by atoms with Gasteiger partial charge in [0.15, 0.2) is 0 Å². The first-order valence-corrected chi connectivity index (χ1v) is 12.1. The lowest BCUT2D eigenvalue weighted by atomic mass is 9.89. The van der Waals surface area contributed by atoms with Gasteiger partial charge in [-0.05, 0) is 67.1 Å². The van der Waals surface area contributed by atoms with Crippen LogP contribution < -0.4 is 10.6 Å². The smallest absolute Gasteiger partial charge is 0.321 e. The van der Waals surface area contributed by atoms with E-state index in [9.17, 15) is 9.59 Å². The second-order valence-corrected chi connectivity index (χ2v) is 9.06. The van der Waals surface area contributed by atoms with Gasteiger partial charge in [-0.2, -0.15) is 0 Å². The molecule has 1 saturated heterocycles. The summed E-state index contributed by atoms with van der Waals surface area (Å²) >= 11 is 0. The van der Waals surface area contributed by atoms with Crippen molar-refractivity contribution in [2.45, 2.75) is 45.6 Å². The van der Waals surface area contributed by atoms with E-state index in [-0.39, 0.29) is 17.9 Å². The first kappa shape index (κ1) is 23.6. The van der Waals surface area contributed by atoms with E-state index in [0.29, 0.717) is 18.7 Å². The SMILES string of the molecule is CCc1ccc(NC(=O)N2CCC[C@@H](c3cccc(C(=O)NCc4ccc(C)cc4)c3)C2)cc1. The summed E-state index contributed by atoms with van der Waals surface area (Å²) in [6.07, 6.45) is 2.92. The zero-order chi connectivity index (χ0) is 23.9. The Morgan fingerprint density at radius 3 is 2.44 bits per heavy atom. The second kappa shape index (κ2) is 11.0. The molecular formula is C29H33N3O2.